The van der Waals surface area contributed by atoms with Crippen LogP contribution in [0.1, 0.15) is 5.56 Å². The SMILES string of the molecule is Cc1cc(=O)[nH]c2ccc(NC=O)cc12. The summed E-state index contributed by atoms with van der Waals surface area (Å²) in [5.74, 6) is 0. The van der Waals surface area contributed by atoms with Crippen LogP contribution >= 0.6 is 0 Å². The second kappa shape index (κ2) is 3.57. The number of fused-ring (bicyclic) bond motifs is 1. The number of anilines is 1. The fourth-order valence-corrected chi connectivity index (χ4v) is 1.58. The maximum Gasteiger partial charge on any atom is 0.248 e. The summed E-state index contributed by atoms with van der Waals surface area (Å²) < 4.78 is 0. The lowest BCUT2D eigenvalue weighted by Gasteiger charge is -2.04. The molecule has 76 valence electrons. The Hall–Kier alpha value is -2.10. The molecule has 0 spiro atoms. The van der Waals surface area contributed by atoms with E-state index in [2.05, 4.69) is 10.3 Å². The summed E-state index contributed by atoms with van der Waals surface area (Å²) in [6, 6.07) is 6.88. The van der Waals surface area contributed by atoms with Crippen molar-refractivity contribution in [2.75, 3.05) is 5.32 Å². The van der Waals surface area contributed by atoms with Crippen molar-refractivity contribution in [3.63, 3.8) is 0 Å². The van der Waals surface area contributed by atoms with E-state index in [4.69, 9.17) is 0 Å². The Kier molecular flexibility index (Phi) is 2.25. The fourth-order valence-electron chi connectivity index (χ4n) is 1.58. The zero-order chi connectivity index (χ0) is 10.8. The minimum absolute atomic E-state index is 0.115. The molecule has 1 amide bonds. The lowest BCUT2D eigenvalue weighted by molar-refractivity contribution is -0.105. The zero-order valence-corrected chi connectivity index (χ0v) is 8.20. The van der Waals surface area contributed by atoms with Crippen LogP contribution in [0.5, 0.6) is 0 Å². The number of hydrogen-bond acceptors (Lipinski definition) is 2. The third-order valence-corrected chi connectivity index (χ3v) is 2.28. The van der Waals surface area contributed by atoms with Crippen molar-refractivity contribution in [2.24, 2.45) is 0 Å². The Morgan fingerprint density at radius 1 is 1.33 bits per heavy atom. The summed E-state index contributed by atoms with van der Waals surface area (Å²) in [6.07, 6.45) is 0.627. The minimum Gasteiger partial charge on any atom is -0.329 e. The van der Waals surface area contributed by atoms with Gasteiger partial charge in [-0.25, -0.2) is 0 Å². The molecular formula is C11H10N2O2. The summed E-state index contributed by atoms with van der Waals surface area (Å²) in [5.41, 5.74) is 2.27. The van der Waals surface area contributed by atoms with Crippen molar-refractivity contribution >= 4 is 23.0 Å². The molecule has 2 rings (SSSR count). The zero-order valence-electron chi connectivity index (χ0n) is 8.20. The van der Waals surface area contributed by atoms with Crippen LogP contribution in [0, 0.1) is 6.92 Å². The highest BCUT2D eigenvalue weighted by Gasteiger charge is 2.00. The van der Waals surface area contributed by atoms with Crippen LogP contribution in [-0.2, 0) is 4.79 Å². The summed E-state index contributed by atoms with van der Waals surface area (Å²) in [5, 5.41) is 3.50. The van der Waals surface area contributed by atoms with Crippen molar-refractivity contribution < 1.29 is 4.79 Å². The monoisotopic (exact) mass is 202 g/mol. The fraction of sp³-hybridized carbons (Fsp3) is 0.0909. The number of nitrogens with one attached hydrogen (secondary N) is 2. The maximum atomic E-state index is 11.2. The number of amides is 1. The van der Waals surface area contributed by atoms with Crippen LogP contribution in [0.25, 0.3) is 10.9 Å². The van der Waals surface area contributed by atoms with Gasteiger partial charge in [-0.15, -0.1) is 0 Å². The van der Waals surface area contributed by atoms with Gasteiger partial charge in [0.2, 0.25) is 12.0 Å². The lowest BCUT2D eigenvalue weighted by Crippen LogP contribution is -2.05. The maximum absolute atomic E-state index is 11.2. The van der Waals surface area contributed by atoms with Gasteiger partial charge in [0, 0.05) is 22.7 Å². The topological polar surface area (TPSA) is 62.0 Å². The normalized spacial score (nSPS) is 10.2. The van der Waals surface area contributed by atoms with Gasteiger partial charge in [0.05, 0.1) is 0 Å². The van der Waals surface area contributed by atoms with Gasteiger partial charge >= 0.3 is 0 Å². The molecule has 0 aliphatic heterocycles. The van der Waals surface area contributed by atoms with E-state index in [1.54, 1.807) is 12.1 Å². The molecule has 0 aliphatic rings. The van der Waals surface area contributed by atoms with E-state index in [9.17, 15) is 9.59 Å². The summed E-state index contributed by atoms with van der Waals surface area (Å²) >= 11 is 0. The molecule has 0 saturated carbocycles. The molecule has 0 atom stereocenters. The van der Waals surface area contributed by atoms with Crippen molar-refractivity contribution in [1.82, 2.24) is 4.98 Å². The van der Waals surface area contributed by atoms with Crippen LogP contribution in [0.2, 0.25) is 0 Å². The molecule has 4 nitrogen and oxygen atoms in total. The molecule has 4 heteroatoms. The van der Waals surface area contributed by atoms with Crippen LogP contribution in [0.15, 0.2) is 29.1 Å². The van der Waals surface area contributed by atoms with E-state index in [-0.39, 0.29) is 5.56 Å². The molecule has 1 heterocycles. The number of carbonyl (C=O) groups is 1. The average Bonchev–Trinajstić information content (AvgIpc) is 2.19. The Bertz CT molecular complexity index is 572. The van der Waals surface area contributed by atoms with Crippen molar-refractivity contribution in [2.45, 2.75) is 6.92 Å². The third kappa shape index (κ3) is 1.74. The number of benzene rings is 1. The number of carbonyl (C=O) groups excluding carboxylic acids is 1. The average molecular weight is 202 g/mol. The number of aryl methyl sites for hydroxylation is 1. The van der Waals surface area contributed by atoms with E-state index in [0.29, 0.717) is 12.1 Å². The Labute approximate surface area is 85.9 Å². The van der Waals surface area contributed by atoms with E-state index >= 15 is 0 Å². The van der Waals surface area contributed by atoms with Crippen molar-refractivity contribution in [1.29, 1.82) is 0 Å². The third-order valence-electron chi connectivity index (χ3n) is 2.28. The van der Waals surface area contributed by atoms with Crippen LogP contribution < -0.4 is 10.9 Å². The highest BCUT2D eigenvalue weighted by atomic mass is 16.1. The van der Waals surface area contributed by atoms with Gasteiger partial charge < -0.3 is 10.3 Å². The summed E-state index contributed by atoms with van der Waals surface area (Å²) in [7, 11) is 0. The molecule has 2 N–H and O–H groups in total. The minimum atomic E-state index is -0.115. The van der Waals surface area contributed by atoms with Crippen LogP contribution in [-0.4, -0.2) is 11.4 Å². The molecule has 1 aromatic heterocycles. The summed E-state index contributed by atoms with van der Waals surface area (Å²) in [4.78, 5) is 24.2. The van der Waals surface area contributed by atoms with Gasteiger partial charge in [0.15, 0.2) is 0 Å². The Morgan fingerprint density at radius 2 is 2.13 bits per heavy atom. The number of pyridine rings is 1. The largest absolute Gasteiger partial charge is 0.329 e. The molecule has 0 radical (unpaired) electrons. The summed E-state index contributed by atoms with van der Waals surface area (Å²) in [6.45, 7) is 1.86. The predicted octanol–water partition coefficient (Wildman–Crippen LogP) is 1.40. The van der Waals surface area contributed by atoms with Gasteiger partial charge in [0.1, 0.15) is 0 Å². The number of rotatable bonds is 2. The number of H-pyrrole nitrogens is 1. The molecule has 15 heavy (non-hydrogen) atoms. The van der Waals surface area contributed by atoms with Gasteiger partial charge in [-0.3, -0.25) is 9.59 Å². The number of aromatic amines is 1. The molecular weight excluding hydrogens is 192 g/mol. The lowest BCUT2D eigenvalue weighted by atomic mass is 10.1. The van der Waals surface area contributed by atoms with Crippen LogP contribution in [0.4, 0.5) is 5.69 Å². The molecule has 1 aromatic carbocycles. The van der Waals surface area contributed by atoms with Gasteiger partial charge in [-0.1, -0.05) is 0 Å². The molecule has 0 unspecified atom stereocenters. The first-order valence-corrected chi connectivity index (χ1v) is 4.54. The number of aromatic nitrogens is 1. The molecule has 0 aliphatic carbocycles. The van der Waals surface area contributed by atoms with Crippen molar-refractivity contribution in [3.8, 4) is 0 Å². The Balaban J connectivity index is 2.70. The van der Waals surface area contributed by atoms with Gasteiger partial charge in [0.25, 0.3) is 0 Å². The van der Waals surface area contributed by atoms with Crippen LogP contribution in [0.3, 0.4) is 0 Å². The first-order valence-electron chi connectivity index (χ1n) is 4.54. The highest BCUT2D eigenvalue weighted by Crippen LogP contribution is 2.18. The predicted molar refractivity (Wildman–Crippen MR) is 59.0 cm³/mol. The second-order valence-corrected chi connectivity index (χ2v) is 3.34. The molecule has 0 saturated heterocycles. The standard InChI is InChI=1S/C11H10N2O2/c1-7-4-11(15)13-10-3-2-8(12-6-14)5-9(7)10/h2-6H,1H3,(H,12,14)(H,13,15). The van der Waals surface area contributed by atoms with E-state index in [1.165, 1.54) is 6.07 Å². The Morgan fingerprint density at radius 3 is 2.87 bits per heavy atom. The van der Waals surface area contributed by atoms with Gasteiger partial charge in [-0.05, 0) is 30.7 Å². The van der Waals surface area contributed by atoms with E-state index < -0.39 is 0 Å². The quantitative estimate of drug-likeness (QED) is 0.723. The van der Waals surface area contributed by atoms with E-state index in [0.717, 1.165) is 16.5 Å². The van der Waals surface area contributed by atoms with E-state index in [1.807, 2.05) is 13.0 Å². The smallest absolute Gasteiger partial charge is 0.248 e. The molecule has 0 bridgehead atoms. The van der Waals surface area contributed by atoms with Crippen molar-refractivity contribution in [3.05, 3.63) is 40.2 Å². The van der Waals surface area contributed by atoms with Gasteiger partial charge in [-0.2, -0.15) is 0 Å². The molecule has 2 aromatic rings. The number of hydrogen-bond donors (Lipinski definition) is 2. The second-order valence-electron chi connectivity index (χ2n) is 3.34. The molecule has 0 fully saturated rings. The highest BCUT2D eigenvalue weighted by molar-refractivity contribution is 5.87. The first-order chi connectivity index (χ1) is 7.20. The first kappa shape index (κ1) is 9.45.